The Morgan fingerprint density at radius 3 is 3.05 bits per heavy atom. The van der Waals surface area contributed by atoms with Crippen LogP contribution in [0.5, 0.6) is 5.75 Å². The van der Waals surface area contributed by atoms with Gasteiger partial charge >= 0.3 is 0 Å². The fraction of sp³-hybridized carbons (Fsp3) is 0.286. The third-order valence-corrected chi connectivity index (χ3v) is 4.05. The maximum Gasteiger partial charge on any atom is 0.277 e. The predicted molar refractivity (Wildman–Crippen MR) is 80.7 cm³/mol. The van der Waals surface area contributed by atoms with Gasteiger partial charge in [0.25, 0.3) is 5.22 Å². The molecular formula is C14H15N5O2S. The van der Waals surface area contributed by atoms with Crippen molar-refractivity contribution in [3.05, 3.63) is 48.4 Å². The van der Waals surface area contributed by atoms with Crippen molar-refractivity contribution in [2.45, 2.75) is 23.9 Å². The van der Waals surface area contributed by atoms with Gasteiger partial charge in [0, 0.05) is 5.25 Å². The van der Waals surface area contributed by atoms with Crippen LogP contribution >= 0.6 is 11.8 Å². The Labute approximate surface area is 131 Å². The minimum absolute atomic E-state index is 0.176. The number of rotatable bonds is 6. The average molecular weight is 317 g/mol. The molecule has 0 amide bonds. The van der Waals surface area contributed by atoms with Gasteiger partial charge in [-0.1, -0.05) is 23.9 Å². The molecule has 0 bridgehead atoms. The molecule has 0 saturated carbocycles. The van der Waals surface area contributed by atoms with Gasteiger partial charge in [0.05, 0.1) is 7.11 Å². The molecule has 2 aromatic heterocycles. The molecule has 8 heteroatoms. The van der Waals surface area contributed by atoms with E-state index in [4.69, 9.17) is 9.15 Å². The van der Waals surface area contributed by atoms with Gasteiger partial charge in [0.2, 0.25) is 5.89 Å². The first-order chi connectivity index (χ1) is 10.7. The summed E-state index contributed by atoms with van der Waals surface area (Å²) < 4.78 is 12.5. The van der Waals surface area contributed by atoms with Crippen molar-refractivity contribution in [1.29, 1.82) is 0 Å². The predicted octanol–water partition coefficient (Wildman–Crippen LogP) is 2.57. The van der Waals surface area contributed by atoms with E-state index in [9.17, 15) is 0 Å². The zero-order chi connectivity index (χ0) is 15.4. The number of ether oxygens (including phenoxy) is 1. The molecule has 0 aliphatic heterocycles. The van der Waals surface area contributed by atoms with Gasteiger partial charge in [0.1, 0.15) is 24.9 Å². The fourth-order valence-electron chi connectivity index (χ4n) is 1.92. The lowest BCUT2D eigenvalue weighted by molar-refractivity contribution is 0.397. The summed E-state index contributed by atoms with van der Waals surface area (Å²) >= 11 is 1.51. The van der Waals surface area contributed by atoms with Crippen LogP contribution in [0.3, 0.4) is 0 Å². The van der Waals surface area contributed by atoms with Crippen LogP contribution in [-0.4, -0.2) is 32.1 Å². The first kappa shape index (κ1) is 14.6. The van der Waals surface area contributed by atoms with Gasteiger partial charge < -0.3 is 9.15 Å². The van der Waals surface area contributed by atoms with Crippen molar-refractivity contribution < 1.29 is 9.15 Å². The van der Waals surface area contributed by atoms with E-state index in [1.54, 1.807) is 18.1 Å². The van der Waals surface area contributed by atoms with Crippen LogP contribution < -0.4 is 4.74 Å². The summed E-state index contributed by atoms with van der Waals surface area (Å²) in [7, 11) is 1.66. The second-order valence-electron chi connectivity index (χ2n) is 4.59. The van der Waals surface area contributed by atoms with Gasteiger partial charge in [-0.3, -0.25) is 0 Å². The molecule has 0 N–H and O–H groups in total. The molecule has 0 unspecified atom stereocenters. The zero-order valence-corrected chi connectivity index (χ0v) is 13.0. The normalized spacial score (nSPS) is 12.3. The quantitative estimate of drug-likeness (QED) is 0.646. The van der Waals surface area contributed by atoms with E-state index in [0.717, 1.165) is 11.3 Å². The largest absolute Gasteiger partial charge is 0.497 e. The molecule has 0 aliphatic carbocycles. The molecule has 0 aliphatic rings. The Bertz CT molecular complexity index is 728. The van der Waals surface area contributed by atoms with Crippen LogP contribution in [0.4, 0.5) is 0 Å². The zero-order valence-electron chi connectivity index (χ0n) is 12.2. The molecule has 114 valence electrons. The second-order valence-corrected chi connectivity index (χ2v) is 5.88. The maximum absolute atomic E-state index is 5.63. The van der Waals surface area contributed by atoms with E-state index < -0.39 is 0 Å². The summed E-state index contributed by atoms with van der Waals surface area (Å²) in [6.45, 7) is 2.50. The lowest BCUT2D eigenvalue weighted by Gasteiger charge is -2.10. The number of methoxy groups -OCH3 is 1. The molecule has 0 radical (unpaired) electrons. The van der Waals surface area contributed by atoms with E-state index in [-0.39, 0.29) is 5.25 Å². The number of hydrogen-bond donors (Lipinski definition) is 0. The molecule has 3 rings (SSSR count). The number of thioether (sulfide) groups is 1. The average Bonchev–Trinajstić information content (AvgIpc) is 3.20. The highest BCUT2D eigenvalue weighted by Gasteiger charge is 2.14. The topological polar surface area (TPSA) is 78.9 Å². The van der Waals surface area contributed by atoms with Crippen LogP contribution in [0.25, 0.3) is 0 Å². The highest BCUT2D eigenvalue weighted by atomic mass is 32.2. The molecule has 2 heterocycles. The Hall–Kier alpha value is -2.35. The van der Waals surface area contributed by atoms with Gasteiger partial charge in [-0.15, -0.1) is 10.2 Å². The van der Waals surface area contributed by atoms with E-state index >= 15 is 0 Å². The second kappa shape index (κ2) is 6.61. The Balaban J connectivity index is 1.66. The lowest BCUT2D eigenvalue weighted by Crippen LogP contribution is -1.99. The van der Waals surface area contributed by atoms with Gasteiger partial charge in [-0.2, -0.15) is 5.10 Å². The minimum Gasteiger partial charge on any atom is -0.497 e. The van der Waals surface area contributed by atoms with Gasteiger partial charge in [-0.05, 0) is 24.6 Å². The number of nitrogens with zero attached hydrogens (tertiary/aromatic N) is 5. The van der Waals surface area contributed by atoms with E-state index in [1.807, 2.05) is 24.3 Å². The summed E-state index contributed by atoms with van der Waals surface area (Å²) in [5.41, 5.74) is 1.14. The Kier molecular flexibility index (Phi) is 4.38. The van der Waals surface area contributed by atoms with Gasteiger partial charge in [0.15, 0.2) is 0 Å². The van der Waals surface area contributed by atoms with Crippen LogP contribution in [0, 0.1) is 0 Å². The van der Waals surface area contributed by atoms with Crippen LogP contribution in [-0.2, 0) is 6.54 Å². The summed E-state index contributed by atoms with van der Waals surface area (Å²) in [5, 5.41) is 12.8. The van der Waals surface area contributed by atoms with Crippen molar-refractivity contribution >= 4 is 11.8 Å². The summed E-state index contributed by atoms with van der Waals surface area (Å²) in [5.74, 6) is 1.34. The molecule has 1 atom stereocenters. The molecule has 0 fully saturated rings. The molecular weight excluding hydrogens is 302 g/mol. The molecule has 22 heavy (non-hydrogen) atoms. The summed E-state index contributed by atoms with van der Waals surface area (Å²) in [4.78, 5) is 3.87. The van der Waals surface area contributed by atoms with Crippen molar-refractivity contribution in [3.8, 4) is 5.75 Å². The fourth-order valence-corrected chi connectivity index (χ4v) is 2.73. The van der Waals surface area contributed by atoms with Crippen molar-refractivity contribution in [3.63, 3.8) is 0 Å². The molecule has 3 aromatic rings. The molecule has 0 saturated heterocycles. The first-order valence-corrected chi connectivity index (χ1v) is 7.58. The van der Waals surface area contributed by atoms with E-state index in [1.165, 1.54) is 18.1 Å². The van der Waals surface area contributed by atoms with Gasteiger partial charge in [-0.25, -0.2) is 9.67 Å². The van der Waals surface area contributed by atoms with Crippen molar-refractivity contribution in [1.82, 2.24) is 25.0 Å². The van der Waals surface area contributed by atoms with E-state index in [2.05, 4.69) is 27.2 Å². The van der Waals surface area contributed by atoms with Crippen LogP contribution in [0.1, 0.15) is 23.6 Å². The minimum atomic E-state index is 0.176. The first-order valence-electron chi connectivity index (χ1n) is 6.70. The Morgan fingerprint density at radius 2 is 2.27 bits per heavy atom. The third kappa shape index (κ3) is 3.45. The van der Waals surface area contributed by atoms with E-state index in [0.29, 0.717) is 17.7 Å². The van der Waals surface area contributed by atoms with Crippen LogP contribution in [0.15, 0.2) is 46.6 Å². The lowest BCUT2D eigenvalue weighted by atomic mass is 10.1. The van der Waals surface area contributed by atoms with Crippen molar-refractivity contribution in [2.75, 3.05) is 7.11 Å². The Morgan fingerprint density at radius 1 is 1.36 bits per heavy atom. The molecule has 1 aromatic carbocycles. The van der Waals surface area contributed by atoms with Crippen molar-refractivity contribution in [2.24, 2.45) is 0 Å². The summed E-state index contributed by atoms with van der Waals surface area (Å²) in [6.07, 6.45) is 3.08. The number of hydrogen-bond acceptors (Lipinski definition) is 7. The monoisotopic (exact) mass is 317 g/mol. The van der Waals surface area contributed by atoms with Crippen LogP contribution in [0.2, 0.25) is 0 Å². The smallest absolute Gasteiger partial charge is 0.277 e. The number of aromatic nitrogens is 5. The third-order valence-electron chi connectivity index (χ3n) is 3.05. The SMILES string of the molecule is COc1cccc([C@H](C)Sc2nnc(Cn3cncn3)o2)c1. The highest BCUT2D eigenvalue weighted by molar-refractivity contribution is 7.99. The molecule has 0 spiro atoms. The number of benzene rings is 1. The highest BCUT2D eigenvalue weighted by Crippen LogP contribution is 2.35. The molecule has 7 nitrogen and oxygen atoms in total. The maximum atomic E-state index is 5.63. The standard InChI is InChI=1S/C14H15N5O2S/c1-10(11-4-3-5-12(6-11)20-2)22-14-18-17-13(21-14)7-19-9-15-8-16-19/h3-6,8-10H,7H2,1-2H3/t10-/m0/s1. The summed E-state index contributed by atoms with van der Waals surface area (Å²) in [6, 6.07) is 7.94.